The summed E-state index contributed by atoms with van der Waals surface area (Å²) < 4.78 is 5.96. The molecule has 17 heavy (non-hydrogen) atoms. The van der Waals surface area contributed by atoms with E-state index in [2.05, 4.69) is 33.9 Å². The van der Waals surface area contributed by atoms with Gasteiger partial charge in [0.25, 0.3) is 0 Å². The van der Waals surface area contributed by atoms with Crippen molar-refractivity contribution in [3.05, 3.63) is 0 Å². The molecule has 0 amide bonds. The lowest BCUT2D eigenvalue weighted by atomic mass is 10.1. The van der Waals surface area contributed by atoms with Gasteiger partial charge in [-0.15, -0.1) is 0 Å². The standard InChI is InChI=1S/C12H29NO3Si/c1-9(14)11(15)10(13)7-8-16-17(5,6)12(2,3)4/h9-11,14-15H,7-8,13H2,1-6H3/t9-,10+,11-/m1/s1. The van der Waals surface area contributed by atoms with Crippen molar-refractivity contribution in [2.24, 2.45) is 5.73 Å². The predicted octanol–water partition coefficient (Wildman–Crippen LogP) is 1.47. The summed E-state index contributed by atoms with van der Waals surface area (Å²) in [6, 6.07) is -0.431. The monoisotopic (exact) mass is 263 g/mol. The van der Waals surface area contributed by atoms with Crippen LogP contribution in [0.25, 0.3) is 0 Å². The van der Waals surface area contributed by atoms with Crippen LogP contribution >= 0.6 is 0 Å². The lowest BCUT2D eigenvalue weighted by molar-refractivity contribution is 0.0107. The molecule has 5 heteroatoms. The second-order valence-corrected chi connectivity index (χ2v) is 11.1. The van der Waals surface area contributed by atoms with Crippen molar-refractivity contribution in [3.63, 3.8) is 0 Å². The fourth-order valence-electron chi connectivity index (χ4n) is 1.20. The molecular weight excluding hydrogens is 234 g/mol. The smallest absolute Gasteiger partial charge is 0.191 e. The number of rotatable bonds is 6. The van der Waals surface area contributed by atoms with Crippen LogP contribution in [0.4, 0.5) is 0 Å². The molecular formula is C12H29NO3Si. The Bertz CT molecular complexity index is 226. The second kappa shape index (κ2) is 6.29. The van der Waals surface area contributed by atoms with E-state index in [1.165, 1.54) is 0 Å². The van der Waals surface area contributed by atoms with Gasteiger partial charge in [-0.1, -0.05) is 20.8 Å². The number of aliphatic hydroxyl groups excluding tert-OH is 2. The number of hydrogen-bond donors (Lipinski definition) is 3. The maximum absolute atomic E-state index is 9.57. The van der Waals surface area contributed by atoms with Gasteiger partial charge in [-0.2, -0.15) is 0 Å². The van der Waals surface area contributed by atoms with Crippen LogP contribution in [0.1, 0.15) is 34.1 Å². The van der Waals surface area contributed by atoms with E-state index in [1.807, 2.05) is 0 Å². The molecule has 0 fully saturated rings. The van der Waals surface area contributed by atoms with Gasteiger partial charge in [0.1, 0.15) is 0 Å². The second-order valence-electron chi connectivity index (χ2n) is 6.29. The quantitative estimate of drug-likeness (QED) is 0.634. The van der Waals surface area contributed by atoms with Gasteiger partial charge < -0.3 is 20.4 Å². The molecule has 104 valence electrons. The first-order valence-electron chi connectivity index (χ1n) is 6.24. The molecule has 0 unspecified atom stereocenters. The molecule has 4 nitrogen and oxygen atoms in total. The largest absolute Gasteiger partial charge is 0.417 e. The minimum atomic E-state index is -1.73. The first-order chi connectivity index (χ1) is 7.49. The predicted molar refractivity (Wildman–Crippen MR) is 73.4 cm³/mol. The van der Waals surface area contributed by atoms with Crippen molar-refractivity contribution < 1.29 is 14.6 Å². The van der Waals surface area contributed by atoms with Crippen LogP contribution in [-0.4, -0.2) is 43.4 Å². The summed E-state index contributed by atoms with van der Waals surface area (Å²) >= 11 is 0. The Morgan fingerprint density at radius 1 is 1.24 bits per heavy atom. The highest BCUT2D eigenvalue weighted by molar-refractivity contribution is 6.74. The lowest BCUT2D eigenvalue weighted by Crippen LogP contribution is -2.45. The van der Waals surface area contributed by atoms with E-state index in [-0.39, 0.29) is 5.04 Å². The van der Waals surface area contributed by atoms with Crippen LogP contribution in [0.15, 0.2) is 0 Å². The third-order valence-electron chi connectivity index (χ3n) is 3.65. The van der Waals surface area contributed by atoms with Gasteiger partial charge in [-0.05, 0) is 31.5 Å². The zero-order valence-corrected chi connectivity index (χ0v) is 13.0. The van der Waals surface area contributed by atoms with Gasteiger partial charge in [0.2, 0.25) is 0 Å². The van der Waals surface area contributed by atoms with Crippen molar-refractivity contribution in [3.8, 4) is 0 Å². The van der Waals surface area contributed by atoms with Crippen molar-refractivity contribution in [2.45, 2.75) is 70.5 Å². The van der Waals surface area contributed by atoms with E-state index in [1.54, 1.807) is 6.92 Å². The molecule has 0 aromatic heterocycles. The van der Waals surface area contributed by atoms with Gasteiger partial charge in [-0.25, -0.2) is 0 Å². The highest BCUT2D eigenvalue weighted by Gasteiger charge is 2.37. The summed E-state index contributed by atoms with van der Waals surface area (Å²) in [5, 5.41) is 19.0. The Balaban J connectivity index is 4.08. The Morgan fingerprint density at radius 2 is 1.71 bits per heavy atom. The first kappa shape index (κ1) is 17.1. The topological polar surface area (TPSA) is 75.7 Å². The molecule has 0 saturated heterocycles. The van der Waals surface area contributed by atoms with Crippen LogP contribution < -0.4 is 5.73 Å². The molecule has 0 aliphatic rings. The fraction of sp³-hybridized carbons (Fsp3) is 1.00. The Kier molecular flexibility index (Phi) is 6.31. The molecule has 3 atom stereocenters. The van der Waals surface area contributed by atoms with Crippen LogP contribution in [0.5, 0.6) is 0 Å². The van der Waals surface area contributed by atoms with Crippen molar-refractivity contribution in [2.75, 3.05) is 6.61 Å². The van der Waals surface area contributed by atoms with E-state index < -0.39 is 26.6 Å². The summed E-state index contributed by atoms with van der Waals surface area (Å²) in [4.78, 5) is 0. The SMILES string of the molecule is C[C@@H](O)[C@@H](O)[C@@H](N)CCO[Si](C)(C)C(C)(C)C. The molecule has 0 rings (SSSR count). The van der Waals surface area contributed by atoms with Crippen molar-refractivity contribution in [1.29, 1.82) is 0 Å². The normalized spacial score (nSPS) is 18.9. The molecule has 0 aromatic carbocycles. The maximum atomic E-state index is 9.57. The van der Waals surface area contributed by atoms with Crippen molar-refractivity contribution in [1.82, 2.24) is 0 Å². The highest BCUT2D eigenvalue weighted by Crippen LogP contribution is 2.36. The molecule has 0 aromatic rings. The molecule has 0 bridgehead atoms. The van der Waals surface area contributed by atoms with Gasteiger partial charge in [0.15, 0.2) is 8.32 Å². The number of nitrogens with two attached hydrogens (primary N) is 1. The van der Waals surface area contributed by atoms with Gasteiger partial charge >= 0.3 is 0 Å². The fourth-order valence-corrected chi connectivity index (χ4v) is 2.26. The lowest BCUT2D eigenvalue weighted by Gasteiger charge is -2.36. The van der Waals surface area contributed by atoms with Crippen LogP contribution in [0, 0.1) is 0 Å². The highest BCUT2D eigenvalue weighted by atomic mass is 28.4. The van der Waals surface area contributed by atoms with Crippen molar-refractivity contribution >= 4 is 8.32 Å². The first-order valence-corrected chi connectivity index (χ1v) is 9.15. The molecule has 4 N–H and O–H groups in total. The maximum Gasteiger partial charge on any atom is 0.191 e. The Morgan fingerprint density at radius 3 is 2.06 bits per heavy atom. The van der Waals surface area contributed by atoms with Crippen LogP contribution in [0.2, 0.25) is 18.1 Å². The van der Waals surface area contributed by atoms with E-state index >= 15 is 0 Å². The Hall–Kier alpha value is 0.0569. The van der Waals surface area contributed by atoms with E-state index in [0.717, 1.165) is 0 Å². The van der Waals surface area contributed by atoms with Gasteiger partial charge in [0, 0.05) is 12.6 Å². The number of hydrogen-bond acceptors (Lipinski definition) is 4. The molecule has 0 aliphatic carbocycles. The van der Waals surface area contributed by atoms with Gasteiger partial charge in [0.05, 0.1) is 12.2 Å². The summed E-state index contributed by atoms with van der Waals surface area (Å²) in [7, 11) is -1.73. The summed E-state index contributed by atoms with van der Waals surface area (Å²) in [6.45, 7) is 13.0. The summed E-state index contributed by atoms with van der Waals surface area (Å²) in [6.07, 6.45) is -1.10. The average molecular weight is 263 g/mol. The molecule has 0 radical (unpaired) electrons. The zero-order chi connectivity index (χ0) is 13.9. The summed E-state index contributed by atoms with van der Waals surface area (Å²) in [5.41, 5.74) is 5.78. The average Bonchev–Trinajstić information content (AvgIpc) is 2.14. The Labute approximate surface area is 106 Å². The van der Waals surface area contributed by atoms with Gasteiger partial charge in [-0.3, -0.25) is 0 Å². The minimum absolute atomic E-state index is 0.181. The van der Waals surface area contributed by atoms with E-state index in [9.17, 15) is 10.2 Å². The van der Waals surface area contributed by atoms with Crippen LogP contribution in [-0.2, 0) is 4.43 Å². The van der Waals surface area contributed by atoms with E-state index in [0.29, 0.717) is 13.0 Å². The molecule has 0 spiro atoms. The molecule has 0 saturated carbocycles. The molecule has 0 heterocycles. The zero-order valence-electron chi connectivity index (χ0n) is 12.0. The van der Waals surface area contributed by atoms with Crippen LogP contribution in [0.3, 0.4) is 0 Å². The number of aliphatic hydroxyl groups is 2. The third kappa shape index (κ3) is 5.48. The van der Waals surface area contributed by atoms with E-state index in [4.69, 9.17) is 10.2 Å². The summed E-state index contributed by atoms with van der Waals surface area (Å²) in [5.74, 6) is 0. The third-order valence-corrected chi connectivity index (χ3v) is 8.19. The minimum Gasteiger partial charge on any atom is -0.417 e. The molecule has 0 aliphatic heterocycles.